The number of fused-ring (bicyclic) bond motifs is 3. The van der Waals surface area contributed by atoms with Crippen LogP contribution >= 0.6 is 0 Å². The third kappa shape index (κ3) is 5.69. The Morgan fingerprint density at radius 3 is 2.23 bits per heavy atom. The number of benzene rings is 3. The van der Waals surface area contributed by atoms with Crippen molar-refractivity contribution < 1.29 is 24.2 Å². The van der Waals surface area contributed by atoms with Gasteiger partial charge in [-0.25, -0.2) is 9.59 Å². The molecule has 0 spiro atoms. The van der Waals surface area contributed by atoms with Gasteiger partial charge >= 0.3 is 12.1 Å². The Balaban J connectivity index is 1.35. The number of hydrogen-bond acceptors (Lipinski definition) is 4. The third-order valence-corrected chi connectivity index (χ3v) is 6.13. The van der Waals surface area contributed by atoms with E-state index in [-0.39, 0.29) is 30.4 Å². The minimum absolute atomic E-state index is 0.0393. The van der Waals surface area contributed by atoms with E-state index in [4.69, 9.17) is 9.84 Å². The predicted molar refractivity (Wildman–Crippen MR) is 134 cm³/mol. The molecule has 7 nitrogen and oxygen atoms in total. The number of aromatic carboxylic acids is 1. The quantitative estimate of drug-likeness (QED) is 0.386. The number of carbonyl (C=O) groups is 3. The number of alkyl carbamates (subject to hydrolysis) is 1. The summed E-state index contributed by atoms with van der Waals surface area (Å²) in [5.41, 5.74) is 5.06. The first kappa shape index (κ1) is 24.0. The van der Waals surface area contributed by atoms with Gasteiger partial charge in [0, 0.05) is 24.1 Å². The number of hydrogen-bond donors (Lipinski definition) is 3. The van der Waals surface area contributed by atoms with Gasteiger partial charge in [-0.05, 0) is 46.9 Å². The van der Waals surface area contributed by atoms with Gasteiger partial charge in [0.25, 0.3) is 0 Å². The van der Waals surface area contributed by atoms with E-state index in [0.29, 0.717) is 12.1 Å². The minimum atomic E-state index is -1.07. The Bertz CT molecular complexity index is 1190. The van der Waals surface area contributed by atoms with Crippen molar-refractivity contribution >= 4 is 23.7 Å². The van der Waals surface area contributed by atoms with Gasteiger partial charge in [-0.15, -0.1) is 0 Å². The highest BCUT2D eigenvalue weighted by atomic mass is 16.5. The monoisotopic (exact) mass is 472 g/mol. The van der Waals surface area contributed by atoms with Gasteiger partial charge in [-0.1, -0.05) is 67.9 Å². The van der Waals surface area contributed by atoms with E-state index in [2.05, 4.69) is 34.9 Å². The highest BCUT2D eigenvalue weighted by Gasteiger charge is 2.29. The molecule has 3 aromatic carbocycles. The van der Waals surface area contributed by atoms with Gasteiger partial charge in [0.05, 0.1) is 5.56 Å². The average Bonchev–Trinajstić information content (AvgIpc) is 3.16. The van der Waals surface area contributed by atoms with Gasteiger partial charge in [0.1, 0.15) is 6.61 Å². The number of amides is 2. The van der Waals surface area contributed by atoms with Crippen molar-refractivity contribution in [1.82, 2.24) is 5.32 Å². The van der Waals surface area contributed by atoms with E-state index in [9.17, 15) is 14.4 Å². The molecular formula is C28H28N2O5. The number of carboxylic acids is 1. The Morgan fingerprint density at radius 2 is 1.60 bits per heavy atom. The fourth-order valence-corrected chi connectivity index (χ4v) is 4.55. The smallest absolute Gasteiger partial charge is 0.407 e. The first-order valence-corrected chi connectivity index (χ1v) is 11.7. The lowest BCUT2D eigenvalue weighted by atomic mass is 9.98. The van der Waals surface area contributed by atoms with E-state index in [1.54, 1.807) is 12.1 Å². The SMILES string of the molecule is CCC[C@@H](CC(=O)Nc1cccc(C(=O)O)c1)NC(=O)OCC1c2ccccc2-c2ccccc21. The number of carboxylic acid groups (broad SMARTS) is 1. The molecule has 0 unspecified atom stereocenters. The van der Waals surface area contributed by atoms with Crippen LogP contribution in [0.25, 0.3) is 11.1 Å². The van der Waals surface area contributed by atoms with Crippen LogP contribution in [0.15, 0.2) is 72.8 Å². The molecule has 180 valence electrons. The molecule has 4 rings (SSSR count). The predicted octanol–water partition coefficient (Wildman–Crippen LogP) is 5.42. The normalized spacial score (nSPS) is 12.8. The first-order chi connectivity index (χ1) is 17.0. The molecule has 0 saturated carbocycles. The van der Waals surface area contributed by atoms with Gasteiger partial charge in [-0.2, -0.15) is 0 Å². The fraction of sp³-hybridized carbons (Fsp3) is 0.250. The molecule has 1 aliphatic rings. The molecular weight excluding hydrogens is 444 g/mol. The topological polar surface area (TPSA) is 105 Å². The number of ether oxygens (including phenoxy) is 1. The van der Waals surface area contributed by atoms with Gasteiger partial charge < -0.3 is 20.5 Å². The standard InChI is InChI=1S/C28H28N2O5/c1-2-8-19(16-26(31)29-20-10-7-9-18(15-20)27(32)33)30-28(34)35-17-25-23-13-5-3-11-21(23)22-12-4-6-14-24(22)25/h3-7,9-15,19,25H,2,8,16-17H2,1H3,(H,29,31)(H,30,34)(H,32,33)/t19-/m0/s1. The maximum absolute atomic E-state index is 12.6. The number of anilines is 1. The second kappa shape index (κ2) is 10.9. The molecule has 0 heterocycles. The van der Waals surface area contributed by atoms with Crippen LogP contribution in [0.5, 0.6) is 0 Å². The van der Waals surface area contributed by atoms with E-state index in [1.165, 1.54) is 12.1 Å². The Hall–Kier alpha value is -4.13. The summed E-state index contributed by atoms with van der Waals surface area (Å²) in [5.74, 6) is -1.42. The zero-order valence-electron chi connectivity index (χ0n) is 19.5. The molecule has 7 heteroatoms. The number of nitrogens with one attached hydrogen (secondary N) is 2. The molecule has 0 bridgehead atoms. The minimum Gasteiger partial charge on any atom is -0.478 e. The highest BCUT2D eigenvalue weighted by Crippen LogP contribution is 2.44. The Labute approximate surface area is 204 Å². The van der Waals surface area contributed by atoms with Gasteiger partial charge in [0.2, 0.25) is 5.91 Å². The van der Waals surface area contributed by atoms with Crippen LogP contribution in [-0.4, -0.2) is 35.7 Å². The zero-order valence-corrected chi connectivity index (χ0v) is 19.5. The van der Waals surface area contributed by atoms with Crippen molar-refractivity contribution in [2.45, 2.75) is 38.1 Å². The van der Waals surface area contributed by atoms with Crippen molar-refractivity contribution in [3.8, 4) is 11.1 Å². The molecule has 1 atom stereocenters. The number of carbonyl (C=O) groups excluding carboxylic acids is 2. The van der Waals surface area contributed by atoms with Crippen molar-refractivity contribution in [3.05, 3.63) is 89.5 Å². The molecule has 35 heavy (non-hydrogen) atoms. The van der Waals surface area contributed by atoms with Crippen molar-refractivity contribution in [3.63, 3.8) is 0 Å². The first-order valence-electron chi connectivity index (χ1n) is 11.7. The molecule has 3 aromatic rings. The lowest BCUT2D eigenvalue weighted by molar-refractivity contribution is -0.116. The Morgan fingerprint density at radius 1 is 0.943 bits per heavy atom. The van der Waals surface area contributed by atoms with Crippen LogP contribution in [0.2, 0.25) is 0 Å². The molecule has 0 saturated heterocycles. The molecule has 3 N–H and O–H groups in total. The summed E-state index contributed by atoms with van der Waals surface area (Å²) in [4.78, 5) is 36.3. The molecule has 0 aliphatic heterocycles. The van der Waals surface area contributed by atoms with Crippen LogP contribution in [0.1, 0.15) is 53.6 Å². The van der Waals surface area contributed by atoms with Crippen LogP contribution in [0, 0.1) is 0 Å². The summed E-state index contributed by atoms with van der Waals surface area (Å²) in [5, 5.41) is 14.6. The van der Waals surface area contributed by atoms with Gasteiger partial charge in [-0.3, -0.25) is 4.79 Å². The van der Waals surface area contributed by atoms with Crippen molar-refractivity contribution in [1.29, 1.82) is 0 Å². The van der Waals surface area contributed by atoms with Crippen LogP contribution in [0.3, 0.4) is 0 Å². The van der Waals surface area contributed by atoms with Crippen LogP contribution in [0.4, 0.5) is 10.5 Å². The largest absolute Gasteiger partial charge is 0.478 e. The lowest BCUT2D eigenvalue weighted by Crippen LogP contribution is -2.38. The molecule has 0 fully saturated rings. The summed E-state index contributed by atoms with van der Waals surface area (Å²) in [6, 6.07) is 21.9. The third-order valence-electron chi connectivity index (χ3n) is 6.13. The van der Waals surface area contributed by atoms with Crippen LogP contribution < -0.4 is 10.6 Å². The van der Waals surface area contributed by atoms with Gasteiger partial charge in [0.15, 0.2) is 0 Å². The molecule has 2 amide bonds. The Kier molecular flexibility index (Phi) is 7.45. The summed E-state index contributed by atoms with van der Waals surface area (Å²) in [7, 11) is 0. The van der Waals surface area contributed by atoms with E-state index < -0.39 is 18.1 Å². The zero-order chi connectivity index (χ0) is 24.8. The summed E-state index contributed by atoms with van der Waals surface area (Å²) < 4.78 is 5.61. The van der Waals surface area contributed by atoms with Crippen molar-refractivity contribution in [2.75, 3.05) is 11.9 Å². The second-order valence-corrected chi connectivity index (χ2v) is 8.59. The summed E-state index contributed by atoms with van der Waals surface area (Å²) in [6.07, 6.45) is 0.865. The molecule has 0 radical (unpaired) electrons. The molecule has 0 aromatic heterocycles. The summed E-state index contributed by atoms with van der Waals surface area (Å²) in [6.45, 7) is 2.17. The summed E-state index contributed by atoms with van der Waals surface area (Å²) >= 11 is 0. The fourth-order valence-electron chi connectivity index (χ4n) is 4.55. The average molecular weight is 473 g/mol. The highest BCUT2D eigenvalue weighted by molar-refractivity contribution is 5.94. The maximum atomic E-state index is 12.6. The van der Waals surface area contributed by atoms with Crippen LogP contribution in [-0.2, 0) is 9.53 Å². The molecule has 1 aliphatic carbocycles. The lowest BCUT2D eigenvalue weighted by Gasteiger charge is -2.19. The van der Waals surface area contributed by atoms with E-state index >= 15 is 0 Å². The van der Waals surface area contributed by atoms with Crippen molar-refractivity contribution in [2.24, 2.45) is 0 Å². The van der Waals surface area contributed by atoms with E-state index in [0.717, 1.165) is 28.7 Å². The maximum Gasteiger partial charge on any atom is 0.407 e. The second-order valence-electron chi connectivity index (χ2n) is 8.59. The van der Waals surface area contributed by atoms with E-state index in [1.807, 2.05) is 31.2 Å². The number of rotatable bonds is 9.